The van der Waals surface area contributed by atoms with Gasteiger partial charge in [0.2, 0.25) is 0 Å². The number of halogens is 2. The number of imidazole rings is 1. The number of H-pyrrole nitrogens is 1. The van der Waals surface area contributed by atoms with Crippen LogP contribution in [0.3, 0.4) is 0 Å². The van der Waals surface area contributed by atoms with Crippen LogP contribution in [0.5, 0.6) is 0 Å². The summed E-state index contributed by atoms with van der Waals surface area (Å²) in [6.07, 6.45) is 11.2. The van der Waals surface area contributed by atoms with E-state index in [1.165, 1.54) is 20.9 Å². The summed E-state index contributed by atoms with van der Waals surface area (Å²) < 4.78 is 51.2. The molecule has 15 nitrogen and oxygen atoms in total. The van der Waals surface area contributed by atoms with Crippen molar-refractivity contribution in [2.45, 2.75) is 121 Å². The number of nitrogens with one attached hydrogen (secondary N) is 1. The summed E-state index contributed by atoms with van der Waals surface area (Å²) in [6.45, 7) is 10.6. The van der Waals surface area contributed by atoms with Crippen molar-refractivity contribution in [2.75, 3.05) is 13.2 Å². The van der Waals surface area contributed by atoms with Gasteiger partial charge in [-0.1, -0.05) is 11.2 Å². The zero-order valence-electron chi connectivity index (χ0n) is 38.5. The standard InChI is InChI=1S/C51H50F2N10O5/c1-27-20-34(21-28(2)41(27)52)63-44(59-18-17-58(48(59)66)38-11-10-37-35(42(38)53)25-54-62(37)33-7-8-33)40-29(3)60(26-50(13-14-50)43(40)56-63)45(64)39-23-32-22-30(31-12-19-67-49(4,5)24-31)6-9-36(32)61(39)51(15-16-51)46-55-47(65)68-57-46/h6,9-11,17-18,20-23,25,29,31,33H,7-8,12-16,19,24,26H2,1-5H3,(H,55,57,65)/t29-,31-/m0/s1. The number of aromatic nitrogens is 9. The highest BCUT2D eigenvalue weighted by Gasteiger charge is 2.57. The molecule has 1 saturated heterocycles. The van der Waals surface area contributed by atoms with Gasteiger partial charge in [0.15, 0.2) is 11.6 Å². The molecule has 0 radical (unpaired) electrons. The lowest BCUT2D eigenvalue weighted by Gasteiger charge is -2.38. The van der Waals surface area contributed by atoms with Gasteiger partial charge in [0, 0.05) is 47.4 Å². The van der Waals surface area contributed by atoms with Crippen molar-refractivity contribution in [1.82, 2.24) is 48.3 Å². The molecule has 1 amide bonds. The first-order chi connectivity index (χ1) is 32.6. The normalized spacial score (nSPS) is 21.2. The van der Waals surface area contributed by atoms with Crippen molar-refractivity contribution in [3.8, 4) is 17.2 Å². The number of amides is 1. The summed E-state index contributed by atoms with van der Waals surface area (Å²) >= 11 is 0. The maximum Gasteiger partial charge on any atom is 0.438 e. The van der Waals surface area contributed by atoms with E-state index in [4.69, 9.17) is 14.4 Å². The molecule has 2 atom stereocenters. The second-order valence-electron chi connectivity index (χ2n) is 20.7. The third-order valence-electron chi connectivity index (χ3n) is 15.6. The van der Waals surface area contributed by atoms with E-state index in [-0.39, 0.29) is 35.0 Å². The lowest BCUT2D eigenvalue weighted by Crippen LogP contribution is -2.45. The Morgan fingerprint density at radius 2 is 1.65 bits per heavy atom. The van der Waals surface area contributed by atoms with Gasteiger partial charge in [0.05, 0.1) is 51.9 Å². The Balaban J connectivity index is 0.968. The highest BCUT2D eigenvalue weighted by molar-refractivity contribution is 6.00. The van der Waals surface area contributed by atoms with Gasteiger partial charge >= 0.3 is 11.4 Å². The SMILES string of the molecule is Cc1cc(-n2nc3c(c2-n2ccn(-c4ccc5c(cnn5C5CC5)c4F)c2=O)[C@H](C)N(C(=O)c2cc4cc([C@H]5CCOC(C)(C)C5)ccc4n2C2(c4noc(=O)[nH]4)CC2)CC32CC2)cc(C)c1F. The molecule has 7 heterocycles. The monoisotopic (exact) mass is 920 g/mol. The maximum absolute atomic E-state index is 16.5. The van der Waals surface area contributed by atoms with Gasteiger partial charge < -0.3 is 14.2 Å². The van der Waals surface area contributed by atoms with Crippen molar-refractivity contribution >= 4 is 27.7 Å². The molecule has 5 aromatic heterocycles. The summed E-state index contributed by atoms with van der Waals surface area (Å²) in [5, 5.41) is 15.2. The van der Waals surface area contributed by atoms with Gasteiger partial charge in [0.1, 0.15) is 22.9 Å². The fourth-order valence-corrected chi connectivity index (χ4v) is 11.6. The minimum Gasteiger partial charge on any atom is -0.376 e. The largest absolute Gasteiger partial charge is 0.438 e. The van der Waals surface area contributed by atoms with Crippen LogP contribution in [0.25, 0.3) is 39.0 Å². The second-order valence-corrected chi connectivity index (χ2v) is 20.7. The van der Waals surface area contributed by atoms with Crippen LogP contribution in [0.1, 0.15) is 134 Å². The molecular formula is C51H50F2N10O5. The molecule has 3 aromatic carbocycles. The third-order valence-corrected chi connectivity index (χ3v) is 15.6. The number of hydrogen-bond acceptors (Lipinski definition) is 8. The van der Waals surface area contributed by atoms with E-state index >= 15 is 13.6 Å². The van der Waals surface area contributed by atoms with Crippen LogP contribution in [-0.2, 0) is 15.7 Å². The quantitative estimate of drug-likeness (QED) is 0.159. The van der Waals surface area contributed by atoms with E-state index in [1.807, 2.05) is 27.1 Å². The smallest absolute Gasteiger partial charge is 0.376 e. The zero-order valence-corrected chi connectivity index (χ0v) is 38.5. The third kappa shape index (κ3) is 6.02. The predicted octanol–water partition coefficient (Wildman–Crippen LogP) is 8.48. The van der Waals surface area contributed by atoms with E-state index in [2.05, 4.69) is 47.3 Å². The van der Waals surface area contributed by atoms with Crippen LogP contribution in [0.15, 0.2) is 81.2 Å². The van der Waals surface area contributed by atoms with E-state index in [1.54, 1.807) is 55.2 Å². The van der Waals surface area contributed by atoms with E-state index < -0.39 is 34.3 Å². The summed E-state index contributed by atoms with van der Waals surface area (Å²) in [4.78, 5) is 47.8. The molecular weight excluding hydrogens is 871 g/mol. The van der Waals surface area contributed by atoms with Crippen LogP contribution < -0.4 is 11.4 Å². The lowest BCUT2D eigenvalue weighted by atomic mass is 9.83. The highest BCUT2D eigenvalue weighted by Crippen LogP contribution is 2.57. The lowest BCUT2D eigenvalue weighted by molar-refractivity contribution is -0.0592. The number of hydrogen-bond donors (Lipinski definition) is 1. The highest BCUT2D eigenvalue weighted by atomic mass is 19.1. The molecule has 68 heavy (non-hydrogen) atoms. The maximum atomic E-state index is 16.5. The molecule has 4 fully saturated rings. The molecule has 0 bridgehead atoms. The van der Waals surface area contributed by atoms with Crippen LogP contribution in [-0.4, -0.2) is 73.0 Å². The average molecular weight is 921 g/mol. The Bertz CT molecular complexity index is 3550. The molecule has 3 saturated carbocycles. The molecule has 0 unspecified atom stereocenters. The number of fused-ring (bicyclic) bond motifs is 4. The fraction of sp³-hybridized carbons (Fsp3) is 0.412. The number of aromatic amines is 1. The molecule has 17 heteroatoms. The Hall–Kier alpha value is -6.88. The topological polar surface area (TPSA) is 156 Å². The van der Waals surface area contributed by atoms with Crippen LogP contribution in [0.2, 0.25) is 0 Å². The van der Waals surface area contributed by atoms with E-state index in [0.29, 0.717) is 76.6 Å². The first kappa shape index (κ1) is 41.3. The number of carbonyl (C=O) groups is 1. The van der Waals surface area contributed by atoms with Gasteiger partial charge in [0.25, 0.3) is 5.91 Å². The summed E-state index contributed by atoms with van der Waals surface area (Å²) in [5.41, 5.74) is 3.88. The molecule has 1 N–H and O–H groups in total. The Labute approximate surface area is 387 Å². The molecule has 2 aliphatic heterocycles. The minimum absolute atomic E-state index is 0.0764. The van der Waals surface area contributed by atoms with Gasteiger partial charge in [-0.3, -0.25) is 28.1 Å². The second kappa shape index (κ2) is 14.1. The molecule has 348 valence electrons. The summed E-state index contributed by atoms with van der Waals surface area (Å²) in [6, 6.07) is 14.8. The Morgan fingerprint density at radius 3 is 2.34 bits per heavy atom. The number of ether oxygens (including phenoxy) is 1. The number of aryl methyl sites for hydroxylation is 2. The first-order valence-electron chi connectivity index (χ1n) is 23.7. The zero-order chi connectivity index (χ0) is 46.8. The van der Waals surface area contributed by atoms with Crippen molar-refractivity contribution < 1.29 is 22.8 Å². The number of nitrogens with zero attached hydrogens (tertiary/aromatic N) is 9. The van der Waals surface area contributed by atoms with E-state index in [9.17, 15) is 9.59 Å². The Morgan fingerprint density at radius 1 is 0.897 bits per heavy atom. The van der Waals surface area contributed by atoms with E-state index in [0.717, 1.165) is 55.1 Å². The first-order valence-corrected chi connectivity index (χ1v) is 23.7. The number of carbonyl (C=O) groups excluding carboxylic acids is 1. The number of rotatable bonds is 8. The van der Waals surface area contributed by atoms with Gasteiger partial charge in [-0.25, -0.2) is 23.1 Å². The van der Waals surface area contributed by atoms with Gasteiger partial charge in [-0.15, -0.1) is 0 Å². The molecule has 3 aliphatic carbocycles. The van der Waals surface area contributed by atoms with Crippen molar-refractivity contribution in [1.29, 1.82) is 0 Å². The molecule has 1 spiro atoms. The summed E-state index contributed by atoms with van der Waals surface area (Å²) in [7, 11) is 0. The molecule has 5 aliphatic rings. The summed E-state index contributed by atoms with van der Waals surface area (Å²) in [5.74, 6) is -0.762. The van der Waals surface area contributed by atoms with Crippen molar-refractivity contribution in [2.24, 2.45) is 0 Å². The minimum atomic E-state index is -0.817. The van der Waals surface area contributed by atoms with Crippen LogP contribution in [0.4, 0.5) is 8.78 Å². The van der Waals surface area contributed by atoms with Crippen molar-refractivity contribution in [3.05, 3.63) is 139 Å². The predicted molar refractivity (Wildman–Crippen MR) is 247 cm³/mol. The van der Waals surface area contributed by atoms with Crippen LogP contribution in [0, 0.1) is 25.5 Å². The number of benzene rings is 3. The van der Waals surface area contributed by atoms with Crippen LogP contribution >= 0.6 is 0 Å². The van der Waals surface area contributed by atoms with Crippen molar-refractivity contribution in [3.63, 3.8) is 0 Å². The van der Waals surface area contributed by atoms with Gasteiger partial charge in [-0.05, 0) is 151 Å². The van der Waals surface area contributed by atoms with Gasteiger partial charge in [-0.2, -0.15) is 10.2 Å². The molecule has 13 rings (SSSR count). The molecule has 8 aromatic rings. The fourth-order valence-electron chi connectivity index (χ4n) is 11.6. The average Bonchev–Trinajstić information content (AvgIpc) is 4.26. The Kier molecular flexibility index (Phi) is 8.56.